The molecule has 2 aromatic rings. The van der Waals surface area contributed by atoms with Crippen molar-refractivity contribution in [1.29, 1.82) is 0 Å². The van der Waals surface area contributed by atoms with Crippen LogP contribution < -0.4 is 4.90 Å². The van der Waals surface area contributed by atoms with Crippen LogP contribution in [0, 0.1) is 10.1 Å². The number of non-ortho nitro benzene ring substituents is 1. The molecule has 0 aromatic heterocycles. The van der Waals surface area contributed by atoms with Gasteiger partial charge in [0, 0.05) is 47.8 Å². The monoisotopic (exact) mass is 398 g/mol. The Hall–Kier alpha value is -3.06. The van der Waals surface area contributed by atoms with Crippen LogP contribution in [-0.4, -0.2) is 31.6 Å². The van der Waals surface area contributed by atoms with Crippen molar-refractivity contribution in [2.24, 2.45) is 0 Å². The van der Waals surface area contributed by atoms with E-state index < -0.39 is 10.9 Å². The van der Waals surface area contributed by atoms with Crippen molar-refractivity contribution in [2.75, 3.05) is 25.6 Å². The third kappa shape index (κ3) is 6.59. The van der Waals surface area contributed by atoms with Crippen molar-refractivity contribution in [3.8, 4) is 0 Å². The summed E-state index contributed by atoms with van der Waals surface area (Å²) in [5.41, 5.74) is 2.11. The number of nitrogens with zero attached hydrogens (tertiary/aromatic N) is 2. The first-order valence-corrected chi connectivity index (χ1v) is 9.47. The minimum atomic E-state index is -0.443. The molecular weight excluding hydrogens is 376 g/mol. The normalized spacial score (nSPS) is 11.5. The van der Waals surface area contributed by atoms with Crippen molar-refractivity contribution in [3.63, 3.8) is 0 Å². The number of carbonyl (C=O) groups excluding carboxylic acids is 1. The summed E-state index contributed by atoms with van der Waals surface area (Å²) in [6.07, 6.45) is 5.15. The summed E-state index contributed by atoms with van der Waals surface area (Å²) in [5, 5.41) is 10.8. The third-order valence-corrected chi connectivity index (χ3v) is 4.68. The van der Waals surface area contributed by atoms with Gasteiger partial charge in [-0.1, -0.05) is 30.0 Å². The number of nitro benzene ring substituents is 1. The second-order valence-electron chi connectivity index (χ2n) is 5.97. The van der Waals surface area contributed by atoms with Gasteiger partial charge in [-0.3, -0.25) is 10.1 Å². The molecule has 0 atom stereocenters. The molecule has 0 aliphatic carbocycles. The van der Waals surface area contributed by atoms with Crippen LogP contribution in [0.1, 0.15) is 12.5 Å². The molecule has 6 nitrogen and oxygen atoms in total. The highest BCUT2D eigenvalue weighted by molar-refractivity contribution is 8.03. The molecule has 7 heteroatoms. The number of ether oxygens (including phenoxy) is 1. The largest absolute Gasteiger partial charge is 0.463 e. The number of hydrogen-bond acceptors (Lipinski definition) is 6. The number of allylic oxidation sites excluding steroid dienone is 1. The Morgan fingerprint density at radius 1 is 1.14 bits per heavy atom. The number of nitro groups is 1. The summed E-state index contributed by atoms with van der Waals surface area (Å²) < 4.78 is 5.00. The number of thioether (sulfide) groups is 1. The number of carbonyl (C=O) groups is 1. The number of benzene rings is 2. The topological polar surface area (TPSA) is 72.7 Å². The van der Waals surface area contributed by atoms with E-state index in [1.54, 1.807) is 19.1 Å². The van der Waals surface area contributed by atoms with E-state index in [9.17, 15) is 14.9 Å². The lowest BCUT2D eigenvalue weighted by Gasteiger charge is -2.11. The molecule has 0 N–H and O–H groups in total. The molecule has 0 fully saturated rings. The van der Waals surface area contributed by atoms with Gasteiger partial charge in [0.2, 0.25) is 0 Å². The molecule has 2 aromatic carbocycles. The molecule has 0 saturated carbocycles. The number of hydrogen-bond donors (Lipinski definition) is 0. The molecule has 0 aliphatic heterocycles. The van der Waals surface area contributed by atoms with E-state index in [1.165, 1.54) is 30.0 Å². The van der Waals surface area contributed by atoms with Crippen LogP contribution in [0.15, 0.2) is 70.5 Å². The Balaban J connectivity index is 2.21. The molecule has 0 saturated heterocycles. The van der Waals surface area contributed by atoms with Gasteiger partial charge >= 0.3 is 5.97 Å². The number of anilines is 1. The van der Waals surface area contributed by atoms with Gasteiger partial charge in [-0.2, -0.15) is 0 Å². The first-order chi connectivity index (χ1) is 13.4. The van der Waals surface area contributed by atoms with E-state index >= 15 is 0 Å². The highest BCUT2D eigenvalue weighted by Gasteiger charge is 2.07. The van der Waals surface area contributed by atoms with Gasteiger partial charge in [0.1, 0.15) is 0 Å². The van der Waals surface area contributed by atoms with Gasteiger partial charge < -0.3 is 9.64 Å². The smallest absolute Gasteiger partial charge is 0.331 e. The molecule has 28 heavy (non-hydrogen) atoms. The quantitative estimate of drug-likeness (QED) is 0.157. The minimum Gasteiger partial charge on any atom is -0.463 e. The zero-order valence-corrected chi connectivity index (χ0v) is 16.8. The van der Waals surface area contributed by atoms with Crippen molar-refractivity contribution in [1.82, 2.24) is 0 Å². The van der Waals surface area contributed by atoms with E-state index in [4.69, 9.17) is 4.74 Å². The summed E-state index contributed by atoms with van der Waals surface area (Å²) in [6.45, 7) is 2.04. The third-order valence-electron chi connectivity index (χ3n) is 3.68. The van der Waals surface area contributed by atoms with E-state index in [0.29, 0.717) is 11.5 Å². The van der Waals surface area contributed by atoms with Crippen LogP contribution in [0.5, 0.6) is 0 Å². The molecule has 0 heterocycles. The lowest BCUT2D eigenvalue weighted by Crippen LogP contribution is -2.07. The average Bonchev–Trinajstić information content (AvgIpc) is 2.67. The van der Waals surface area contributed by atoms with Crippen LogP contribution in [0.2, 0.25) is 0 Å². The van der Waals surface area contributed by atoms with Crippen molar-refractivity contribution in [3.05, 3.63) is 81.3 Å². The number of rotatable bonds is 8. The summed E-state index contributed by atoms with van der Waals surface area (Å²) in [7, 11) is 3.96. The predicted molar refractivity (Wildman–Crippen MR) is 113 cm³/mol. The first kappa shape index (κ1) is 21.2. The van der Waals surface area contributed by atoms with Gasteiger partial charge in [-0.05, 0) is 42.8 Å². The Morgan fingerprint density at radius 3 is 2.32 bits per heavy atom. The van der Waals surface area contributed by atoms with Crippen LogP contribution in [-0.2, 0) is 9.53 Å². The molecule has 0 amide bonds. The van der Waals surface area contributed by atoms with Crippen LogP contribution in [0.3, 0.4) is 0 Å². The lowest BCUT2D eigenvalue weighted by atomic mass is 10.2. The summed E-state index contributed by atoms with van der Waals surface area (Å²) in [5.74, 6) is -0.431. The van der Waals surface area contributed by atoms with Crippen molar-refractivity contribution < 1.29 is 14.5 Å². The molecule has 146 valence electrons. The molecule has 2 rings (SSSR count). The molecule has 0 unspecified atom stereocenters. The van der Waals surface area contributed by atoms with Crippen molar-refractivity contribution >= 4 is 35.2 Å². The van der Waals surface area contributed by atoms with E-state index in [2.05, 4.69) is 0 Å². The fraction of sp³-hybridized carbons (Fsp3) is 0.190. The zero-order chi connectivity index (χ0) is 20.5. The fourth-order valence-corrected chi connectivity index (χ4v) is 3.08. The average molecular weight is 398 g/mol. The molecule has 0 bridgehead atoms. The van der Waals surface area contributed by atoms with E-state index in [1.807, 2.05) is 55.4 Å². The van der Waals surface area contributed by atoms with Crippen LogP contribution in [0.25, 0.3) is 6.08 Å². The Labute approximate surface area is 168 Å². The molecule has 0 radical (unpaired) electrons. The van der Waals surface area contributed by atoms with Gasteiger partial charge in [0.05, 0.1) is 11.5 Å². The van der Waals surface area contributed by atoms with Crippen LogP contribution in [0.4, 0.5) is 11.4 Å². The highest BCUT2D eigenvalue weighted by Crippen LogP contribution is 2.29. The van der Waals surface area contributed by atoms with Gasteiger partial charge in [0.15, 0.2) is 0 Å². The maximum atomic E-state index is 11.9. The standard InChI is InChI=1S/C21H22N2O4S/c1-4-27-21(24)15-20(28-19-13-10-18(11-14-19)23(25)26)12-7-16-5-8-17(9-6-16)22(2)3/h5-15H,4H2,1-3H3/b12-7+,20-15+. The summed E-state index contributed by atoms with van der Waals surface area (Å²) >= 11 is 1.33. The highest BCUT2D eigenvalue weighted by atomic mass is 32.2. The minimum absolute atomic E-state index is 0.0248. The summed E-state index contributed by atoms with van der Waals surface area (Å²) in [6, 6.07) is 14.2. The second kappa shape index (κ2) is 10.3. The second-order valence-corrected chi connectivity index (χ2v) is 7.12. The van der Waals surface area contributed by atoms with Gasteiger partial charge in [0.25, 0.3) is 5.69 Å². The molecule has 0 aliphatic rings. The first-order valence-electron chi connectivity index (χ1n) is 8.65. The summed E-state index contributed by atoms with van der Waals surface area (Å²) in [4.78, 5) is 25.7. The lowest BCUT2D eigenvalue weighted by molar-refractivity contribution is -0.384. The van der Waals surface area contributed by atoms with Crippen LogP contribution >= 0.6 is 11.8 Å². The van der Waals surface area contributed by atoms with Gasteiger partial charge in [-0.25, -0.2) is 4.79 Å². The number of esters is 1. The zero-order valence-electron chi connectivity index (χ0n) is 16.0. The van der Waals surface area contributed by atoms with Crippen molar-refractivity contribution in [2.45, 2.75) is 11.8 Å². The Bertz CT molecular complexity index is 872. The predicted octanol–water partition coefficient (Wildman–Crippen LogP) is 4.91. The maximum Gasteiger partial charge on any atom is 0.331 e. The Kier molecular flexibility index (Phi) is 7.83. The SMILES string of the molecule is CCOC(=O)/C=C(\C=C\c1ccc(N(C)C)cc1)Sc1ccc([N+](=O)[O-])cc1. The molecular formula is C21H22N2O4S. The van der Waals surface area contributed by atoms with E-state index in [-0.39, 0.29) is 5.69 Å². The molecule has 0 spiro atoms. The van der Waals surface area contributed by atoms with Gasteiger partial charge in [-0.15, -0.1) is 0 Å². The van der Waals surface area contributed by atoms with E-state index in [0.717, 1.165) is 16.1 Å². The Morgan fingerprint density at radius 2 is 1.79 bits per heavy atom. The maximum absolute atomic E-state index is 11.9. The fourth-order valence-electron chi connectivity index (χ4n) is 2.25.